The molecule has 0 bridgehead atoms. The molecule has 1 aromatic carbocycles. The summed E-state index contributed by atoms with van der Waals surface area (Å²) in [6.45, 7) is 4.46. The van der Waals surface area contributed by atoms with Crippen molar-refractivity contribution in [3.8, 4) is 5.75 Å². The maximum atomic E-state index is 13.3. The standard InChI is InChI=1S/C22H28BrN3O3S/c1-2-3-10-24-12-14(27)13-29-19-16(23)9-8-15-18-21(30-20(15)19)25-17-7-5-4-6-11-26(17)22(18)28/h8-9,14,24,27H,2-7,10-13H2,1H3/t14-/m1/s1. The van der Waals surface area contributed by atoms with Gasteiger partial charge in [-0.25, -0.2) is 4.98 Å². The summed E-state index contributed by atoms with van der Waals surface area (Å²) in [5.74, 6) is 1.56. The van der Waals surface area contributed by atoms with Crippen LogP contribution in [0.2, 0.25) is 0 Å². The number of aryl methyl sites for hydroxylation is 1. The predicted octanol–water partition coefficient (Wildman–Crippen LogP) is 4.23. The summed E-state index contributed by atoms with van der Waals surface area (Å²) in [5.41, 5.74) is 0.0524. The van der Waals surface area contributed by atoms with E-state index in [9.17, 15) is 9.90 Å². The number of unbranched alkanes of at least 4 members (excludes halogenated alkanes) is 1. The first-order chi connectivity index (χ1) is 14.6. The Labute approximate surface area is 188 Å². The average molecular weight is 494 g/mol. The van der Waals surface area contributed by atoms with Crippen LogP contribution in [0.15, 0.2) is 21.4 Å². The van der Waals surface area contributed by atoms with Crippen LogP contribution in [0, 0.1) is 0 Å². The summed E-state index contributed by atoms with van der Waals surface area (Å²) in [5, 5.41) is 15.1. The third-order valence-corrected chi connectivity index (χ3v) is 7.26. The second kappa shape index (κ2) is 9.77. The van der Waals surface area contributed by atoms with Crippen molar-refractivity contribution in [1.29, 1.82) is 0 Å². The molecule has 3 heterocycles. The van der Waals surface area contributed by atoms with Crippen molar-refractivity contribution in [3.63, 3.8) is 0 Å². The molecule has 0 aliphatic carbocycles. The molecule has 0 spiro atoms. The fraction of sp³-hybridized carbons (Fsp3) is 0.545. The summed E-state index contributed by atoms with van der Waals surface area (Å²) in [6.07, 6.45) is 5.70. The molecule has 2 N–H and O–H groups in total. The van der Waals surface area contributed by atoms with E-state index in [1.807, 2.05) is 16.7 Å². The number of nitrogens with zero attached hydrogens (tertiary/aromatic N) is 2. The highest BCUT2D eigenvalue weighted by Crippen LogP contribution is 2.41. The molecule has 8 heteroatoms. The van der Waals surface area contributed by atoms with Gasteiger partial charge in [0.1, 0.15) is 23.4 Å². The first kappa shape index (κ1) is 21.7. The zero-order valence-corrected chi connectivity index (χ0v) is 19.6. The van der Waals surface area contributed by atoms with E-state index in [0.29, 0.717) is 17.7 Å². The maximum Gasteiger partial charge on any atom is 0.262 e. The number of aromatic nitrogens is 2. The SMILES string of the molecule is CCCCNC[C@@H](O)COc1c(Br)ccc2c1sc1nc3n(c(=O)c12)CCCCC3. The van der Waals surface area contributed by atoms with Crippen LogP contribution in [0.25, 0.3) is 20.3 Å². The minimum absolute atomic E-state index is 0.0524. The quantitative estimate of drug-likeness (QED) is 0.459. The van der Waals surface area contributed by atoms with Crippen LogP contribution in [0.5, 0.6) is 5.75 Å². The summed E-state index contributed by atoms with van der Waals surface area (Å²) in [4.78, 5) is 18.9. The third kappa shape index (κ3) is 4.42. The van der Waals surface area contributed by atoms with Gasteiger partial charge >= 0.3 is 0 Å². The van der Waals surface area contributed by atoms with Crippen LogP contribution in [-0.2, 0) is 13.0 Å². The fourth-order valence-corrected chi connectivity index (χ4v) is 5.67. The van der Waals surface area contributed by atoms with Crippen LogP contribution >= 0.6 is 27.3 Å². The van der Waals surface area contributed by atoms with Gasteiger partial charge in [-0.3, -0.25) is 9.36 Å². The first-order valence-corrected chi connectivity index (χ1v) is 12.4. The van der Waals surface area contributed by atoms with Gasteiger partial charge in [0.05, 0.1) is 14.6 Å². The van der Waals surface area contributed by atoms with Crippen molar-refractivity contribution in [3.05, 3.63) is 32.8 Å². The number of hydrogen-bond donors (Lipinski definition) is 2. The van der Waals surface area contributed by atoms with E-state index in [4.69, 9.17) is 9.72 Å². The van der Waals surface area contributed by atoms with E-state index in [2.05, 4.69) is 28.2 Å². The van der Waals surface area contributed by atoms with Crippen LogP contribution in [0.1, 0.15) is 44.9 Å². The Morgan fingerprint density at radius 3 is 3.07 bits per heavy atom. The highest BCUT2D eigenvalue weighted by Gasteiger charge is 2.21. The zero-order valence-electron chi connectivity index (χ0n) is 17.2. The second-order valence-electron chi connectivity index (χ2n) is 7.85. The number of benzene rings is 1. The number of aliphatic hydroxyl groups is 1. The van der Waals surface area contributed by atoms with Gasteiger partial charge in [0.2, 0.25) is 0 Å². The molecule has 6 nitrogen and oxygen atoms in total. The molecule has 0 unspecified atom stereocenters. The van der Waals surface area contributed by atoms with Gasteiger partial charge in [-0.15, -0.1) is 11.3 Å². The maximum absolute atomic E-state index is 13.3. The van der Waals surface area contributed by atoms with Gasteiger partial charge in [-0.05, 0) is 47.8 Å². The molecule has 1 aliphatic heterocycles. The van der Waals surface area contributed by atoms with E-state index >= 15 is 0 Å². The van der Waals surface area contributed by atoms with Gasteiger partial charge in [-0.2, -0.15) is 0 Å². The molecule has 0 amide bonds. The lowest BCUT2D eigenvalue weighted by Gasteiger charge is -2.14. The van der Waals surface area contributed by atoms with Gasteiger partial charge in [-0.1, -0.05) is 25.8 Å². The number of fused-ring (bicyclic) bond motifs is 4. The lowest BCUT2D eigenvalue weighted by atomic mass is 10.2. The van der Waals surface area contributed by atoms with E-state index in [1.165, 1.54) is 11.3 Å². The Morgan fingerprint density at radius 2 is 2.23 bits per heavy atom. The molecule has 3 aromatic rings. The van der Waals surface area contributed by atoms with E-state index in [1.54, 1.807) is 0 Å². The lowest BCUT2D eigenvalue weighted by molar-refractivity contribution is 0.107. The van der Waals surface area contributed by atoms with Gasteiger partial charge in [0.15, 0.2) is 5.75 Å². The molecule has 1 aliphatic rings. The number of aliphatic hydroxyl groups excluding tert-OH is 1. The minimum Gasteiger partial charge on any atom is -0.488 e. The normalized spacial score (nSPS) is 15.3. The third-order valence-electron chi connectivity index (χ3n) is 5.54. The number of halogens is 1. The van der Waals surface area contributed by atoms with Gasteiger partial charge in [0.25, 0.3) is 5.56 Å². The molecular formula is C22H28BrN3O3S. The molecule has 4 rings (SSSR count). The Hall–Kier alpha value is -1.48. The molecule has 1 atom stereocenters. The van der Waals surface area contributed by atoms with Crippen molar-refractivity contribution in [2.45, 2.75) is 58.1 Å². The Morgan fingerprint density at radius 1 is 1.37 bits per heavy atom. The van der Waals surface area contributed by atoms with Crippen molar-refractivity contribution in [2.24, 2.45) is 0 Å². The van der Waals surface area contributed by atoms with Crippen molar-refractivity contribution >= 4 is 47.6 Å². The molecular weight excluding hydrogens is 466 g/mol. The Balaban J connectivity index is 1.65. The molecule has 0 saturated heterocycles. The Kier molecular flexibility index (Phi) is 7.08. The summed E-state index contributed by atoms with van der Waals surface area (Å²) < 4.78 is 9.59. The average Bonchev–Trinajstić information content (AvgIpc) is 2.93. The van der Waals surface area contributed by atoms with Crippen molar-refractivity contribution in [1.82, 2.24) is 14.9 Å². The van der Waals surface area contributed by atoms with Gasteiger partial charge in [0, 0.05) is 24.9 Å². The lowest BCUT2D eigenvalue weighted by Crippen LogP contribution is -2.32. The van der Waals surface area contributed by atoms with Crippen LogP contribution in [0.4, 0.5) is 0 Å². The van der Waals surface area contributed by atoms with E-state index < -0.39 is 6.10 Å². The highest BCUT2D eigenvalue weighted by molar-refractivity contribution is 9.10. The predicted molar refractivity (Wildman–Crippen MR) is 126 cm³/mol. The van der Waals surface area contributed by atoms with Gasteiger partial charge < -0.3 is 15.2 Å². The molecule has 0 radical (unpaired) electrons. The highest BCUT2D eigenvalue weighted by atomic mass is 79.9. The monoisotopic (exact) mass is 493 g/mol. The number of thiophene rings is 1. The molecule has 0 fully saturated rings. The first-order valence-electron chi connectivity index (χ1n) is 10.8. The summed E-state index contributed by atoms with van der Waals surface area (Å²) in [6, 6.07) is 3.87. The summed E-state index contributed by atoms with van der Waals surface area (Å²) >= 11 is 5.07. The number of nitrogens with one attached hydrogen (secondary N) is 1. The van der Waals surface area contributed by atoms with Crippen LogP contribution < -0.4 is 15.6 Å². The number of ether oxygens (including phenoxy) is 1. The van der Waals surface area contributed by atoms with Crippen molar-refractivity contribution in [2.75, 3.05) is 19.7 Å². The number of hydrogen-bond acceptors (Lipinski definition) is 6. The van der Waals surface area contributed by atoms with E-state index in [0.717, 1.165) is 76.8 Å². The van der Waals surface area contributed by atoms with Crippen LogP contribution in [-0.4, -0.2) is 40.5 Å². The summed E-state index contributed by atoms with van der Waals surface area (Å²) in [7, 11) is 0. The van der Waals surface area contributed by atoms with Crippen LogP contribution in [0.3, 0.4) is 0 Å². The smallest absolute Gasteiger partial charge is 0.262 e. The van der Waals surface area contributed by atoms with E-state index in [-0.39, 0.29) is 12.2 Å². The van der Waals surface area contributed by atoms with Crippen molar-refractivity contribution < 1.29 is 9.84 Å². The fourth-order valence-electron chi connectivity index (χ4n) is 3.91. The Bertz CT molecular complexity index is 1090. The topological polar surface area (TPSA) is 76.4 Å². The molecule has 2 aromatic heterocycles. The molecule has 30 heavy (non-hydrogen) atoms. The number of rotatable bonds is 8. The molecule has 162 valence electrons. The molecule has 0 saturated carbocycles. The zero-order chi connectivity index (χ0) is 21.1. The largest absolute Gasteiger partial charge is 0.488 e. The minimum atomic E-state index is -0.599. The second-order valence-corrected chi connectivity index (χ2v) is 9.71.